The number of β-lactam (4-membered cyclic amide) rings is 1. The van der Waals surface area contributed by atoms with Crippen LogP contribution in [0.1, 0.15) is 52.6 Å². The number of nitrogens with one attached hydrogen (secondary N) is 2. The molecule has 5 rings (SSSR count). The predicted octanol–water partition coefficient (Wildman–Crippen LogP) is 4.89. The van der Waals surface area contributed by atoms with Crippen LogP contribution in [0.15, 0.2) is 63.5 Å². The first-order valence-electron chi connectivity index (χ1n) is 20.7. The second-order valence-electron chi connectivity index (χ2n) is 15.6. The molecule has 27 heteroatoms. The van der Waals surface area contributed by atoms with Gasteiger partial charge in [-0.3, -0.25) is 24.0 Å². The standard InChI is InChI=1S/C44H45Br2N5O19S/c1-44(2)33(39(57)58)51-37(56)30(38(51)71-44)48-34(53)29(21-12-9-8-10-13-21)47-28(52)20-50(36(55)25-17-23(46)19-27(68-41(60)64-5)32(25)70-43(62)66-7)15-11-14-49(3)35(54)24-16-22(45)18-26(67-40(59)63-4)31(24)69-42(61)65-6/h8-10,12-13,16-19,29-30,33,38H,11,14-15,20H2,1-7H3,(H,47,52)(H,48,53)(H,57,58). The van der Waals surface area contributed by atoms with Crippen LogP contribution >= 0.6 is 43.6 Å². The third-order valence-corrected chi connectivity index (χ3v) is 13.0. The smallest absolute Gasteiger partial charge is 0.480 e. The summed E-state index contributed by atoms with van der Waals surface area (Å²) >= 11 is 7.67. The number of rotatable bonds is 17. The number of ether oxygens (including phenoxy) is 8. The minimum atomic E-state index is -1.48. The molecule has 0 spiro atoms. The van der Waals surface area contributed by atoms with Crippen LogP contribution in [0.5, 0.6) is 23.0 Å². The van der Waals surface area contributed by atoms with Crippen LogP contribution in [0, 0.1) is 0 Å². The van der Waals surface area contributed by atoms with E-state index in [-0.39, 0.29) is 39.6 Å². The molecule has 0 aliphatic carbocycles. The number of nitrogens with zero attached hydrogens (tertiary/aromatic N) is 3. The van der Waals surface area contributed by atoms with Crippen molar-refractivity contribution in [3.8, 4) is 23.0 Å². The van der Waals surface area contributed by atoms with Gasteiger partial charge in [-0.2, -0.15) is 0 Å². The zero-order chi connectivity index (χ0) is 52.5. The van der Waals surface area contributed by atoms with Gasteiger partial charge in [-0.1, -0.05) is 62.2 Å². The number of hydrogen-bond acceptors (Lipinski definition) is 19. The van der Waals surface area contributed by atoms with Gasteiger partial charge in [0.05, 0.1) is 46.1 Å². The number of amides is 5. The van der Waals surface area contributed by atoms with E-state index in [2.05, 4.69) is 61.4 Å². The Kier molecular flexibility index (Phi) is 18.3. The van der Waals surface area contributed by atoms with Crippen molar-refractivity contribution in [2.45, 2.75) is 48.5 Å². The number of carboxylic acid groups (broad SMARTS) is 1. The lowest BCUT2D eigenvalue weighted by Gasteiger charge is -2.44. The van der Waals surface area contributed by atoms with E-state index < -0.39 is 123 Å². The average Bonchev–Trinajstić information content (AvgIpc) is 3.60. The molecule has 71 heavy (non-hydrogen) atoms. The summed E-state index contributed by atoms with van der Waals surface area (Å²) in [6, 6.07) is 8.96. The number of thioether (sulfide) groups is 1. The summed E-state index contributed by atoms with van der Waals surface area (Å²) in [7, 11) is 5.35. The number of fused-ring (bicyclic) bond motifs is 1. The Hall–Kier alpha value is -7.13. The van der Waals surface area contributed by atoms with Crippen molar-refractivity contribution in [2.24, 2.45) is 0 Å². The van der Waals surface area contributed by atoms with Gasteiger partial charge < -0.3 is 68.3 Å². The highest BCUT2D eigenvalue weighted by Crippen LogP contribution is 2.51. The zero-order valence-corrected chi connectivity index (χ0v) is 42.6. The molecule has 24 nitrogen and oxygen atoms in total. The molecule has 5 amide bonds. The van der Waals surface area contributed by atoms with Crippen molar-refractivity contribution in [3.05, 3.63) is 80.2 Å². The van der Waals surface area contributed by atoms with E-state index in [1.165, 1.54) is 60.1 Å². The van der Waals surface area contributed by atoms with Crippen LogP contribution in [0.2, 0.25) is 0 Å². The molecule has 2 aliphatic heterocycles. The van der Waals surface area contributed by atoms with E-state index in [9.17, 15) is 53.1 Å². The summed E-state index contributed by atoms with van der Waals surface area (Å²) in [4.78, 5) is 135. The van der Waals surface area contributed by atoms with E-state index in [0.717, 1.165) is 38.2 Å². The molecular weight excluding hydrogens is 1090 g/mol. The van der Waals surface area contributed by atoms with Crippen molar-refractivity contribution >= 4 is 104 Å². The maximum atomic E-state index is 14.7. The van der Waals surface area contributed by atoms with Gasteiger partial charge in [-0.05, 0) is 50.1 Å². The molecule has 3 aromatic carbocycles. The first kappa shape index (κ1) is 54.8. The molecule has 0 aromatic heterocycles. The summed E-state index contributed by atoms with van der Waals surface area (Å²) in [5, 5.41) is 14.4. The van der Waals surface area contributed by atoms with Crippen LogP contribution in [-0.2, 0) is 38.1 Å². The van der Waals surface area contributed by atoms with Gasteiger partial charge in [0.2, 0.25) is 17.7 Å². The van der Waals surface area contributed by atoms with Gasteiger partial charge in [0.1, 0.15) is 23.5 Å². The quantitative estimate of drug-likeness (QED) is 0.0702. The molecule has 2 fully saturated rings. The van der Waals surface area contributed by atoms with Crippen molar-refractivity contribution in [3.63, 3.8) is 0 Å². The van der Waals surface area contributed by atoms with E-state index in [1.54, 1.807) is 32.0 Å². The highest BCUT2D eigenvalue weighted by atomic mass is 79.9. The summed E-state index contributed by atoms with van der Waals surface area (Å²) in [5.41, 5.74) is -0.495. The largest absolute Gasteiger partial charge is 0.513 e. The summed E-state index contributed by atoms with van der Waals surface area (Å²) in [6.45, 7) is 1.95. The van der Waals surface area contributed by atoms with Crippen molar-refractivity contribution in [2.75, 3.05) is 55.1 Å². The van der Waals surface area contributed by atoms with Gasteiger partial charge in [0.15, 0.2) is 23.0 Å². The van der Waals surface area contributed by atoms with Gasteiger partial charge in [0, 0.05) is 33.8 Å². The second kappa shape index (κ2) is 23.7. The highest BCUT2D eigenvalue weighted by molar-refractivity contribution is 9.10. The fraction of sp³-hybridized carbons (Fsp3) is 0.364. The molecule has 2 aliphatic rings. The van der Waals surface area contributed by atoms with E-state index in [1.807, 2.05) is 0 Å². The molecule has 0 saturated carbocycles. The van der Waals surface area contributed by atoms with Crippen LogP contribution in [0.25, 0.3) is 0 Å². The summed E-state index contributed by atoms with van der Waals surface area (Å²) < 4.78 is 38.5. The number of hydrogen-bond donors (Lipinski definition) is 3. The Balaban J connectivity index is 1.47. The third-order valence-electron chi connectivity index (χ3n) is 10.5. The average molecular weight is 1140 g/mol. The SMILES string of the molecule is COC(=O)Oc1cc(Br)cc(C(=O)N(C)CCCN(CC(=O)NC(C(=O)NC2C(=O)N3C2SC(C)(C)C3C(=O)O)c2ccccc2)C(=O)c2cc(Br)cc(OC(=O)OC)c2OC(=O)OC)c1OC(=O)OC. The summed E-state index contributed by atoms with van der Waals surface area (Å²) in [6.07, 6.45) is -5.21. The zero-order valence-electron chi connectivity index (χ0n) is 38.6. The molecule has 2 heterocycles. The number of benzene rings is 3. The maximum Gasteiger partial charge on any atom is 0.513 e. The fourth-order valence-corrected chi connectivity index (χ4v) is 9.77. The molecule has 4 unspecified atom stereocenters. The van der Waals surface area contributed by atoms with Crippen molar-refractivity contribution in [1.82, 2.24) is 25.3 Å². The third kappa shape index (κ3) is 13.0. The number of halogens is 2. The van der Waals surface area contributed by atoms with Crippen molar-refractivity contribution < 1.29 is 90.9 Å². The minimum absolute atomic E-state index is 0.115. The van der Waals surface area contributed by atoms with E-state index in [4.69, 9.17) is 18.9 Å². The molecule has 3 N–H and O–H groups in total. The molecule has 0 radical (unpaired) electrons. The van der Waals surface area contributed by atoms with Gasteiger partial charge in [-0.15, -0.1) is 11.8 Å². The van der Waals surface area contributed by atoms with Crippen LogP contribution < -0.4 is 29.6 Å². The Morgan fingerprint density at radius 2 is 1.24 bits per heavy atom. The number of methoxy groups -OCH3 is 4. The van der Waals surface area contributed by atoms with Gasteiger partial charge >= 0.3 is 30.6 Å². The number of carbonyl (C=O) groups is 10. The lowest BCUT2D eigenvalue weighted by Crippen LogP contribution is -2.71. The monoisotopic (exact) mass is 1140 g/mol. The predicted molar refractivity (Wildman–Crippen MR) is 251 cm³/mol. The first-order valence-corrected chi connectivity index (χ1v) is 23.1. The topological polar surface area (TPSA) is 299 Å². The van der Waals surface area contributed by atoms with Crippen LogP contribution in [0.4, 0.5) is 19.2 Å². The van der Waals surface area contributed by atoms with Crippen molar-refractivity contribution in [1.29, 1.82) is 0 Å². The molecule has 380 valence electrons. The minimum Gasteiger partial charge on any atom is -0.480 e. The van der Waals surface area contributed by atoms with Gasteiger partial charge in [0.25, 0.3) is 11.8 Å². The summed E-state index contributed by atoms with van der Waals surface area (Å²) in [5.74, 6) is -7.49. The highest BCUT2D eigenvalue weighted by Gasteiger charge is 2.64. The van der Waals surface area contributed by atoms with Crippen LogP contribution in [-0.4, -0.2) is 157 Å². The molecule has 3 aromatic rings. The molecular formula is C44H45Br2N5O19S. The molecule has 4 atom stereocenters. The lowest BCUT2D eigenvalue weighted by atomic mass is 9.95. The Labute approximate surface area is 425 Å². The number of carbonyl (C=O) groups excluding carboxylic acids is 9. The van der Waals surface area contributed by atoms with Crippen LogP contribution in [0.3, 0.4) is 0 Å². The number of carboxylic acids is 1. The number of aliphatic carboxylic acids is 1. The Morgan fingerprint density at radius 1 is 0.746 bits per heavy atom. The molecule has 0 bridgehead atoms. The first-order chi connectivity index (χ1) is 33.5. The lowest BCUT2D eigenvalue weighted by molar-refractivity contribution is -0.161. The van der Waals surface area contributed by atoms with E-state index in [0.29, 0.717) is 0 Å². The Bertz CT molecular complexity index is 2620. The normalized spacial score (nSPS) is 16.6. The Morgan fingerprint density at radius 3 is 1.73 bits per heavy atom. The maximum absolute atomic E-state index is 14.7. The van der Waals surface area contributed by atoms with Gasteiger partial charge in [-0.25, -0.2) is 24.0 Å². The fourth-order valence-electron chi connectivity index (χ4n) is 7.27. The second-order valence-corrected chi connectivity index (χ2v) is 19.2. The van der Waals surface area contributed by atoms with E-state index >= 15 is 0 Å². The molecule has 2 saturated heterocycles.